The van der Waals surface area contributed by atoms with E-state index in [2.05, 4.69) is 0 Å². The van der Waals surface area contributed by atoms with E-state index in [-0.39, 0.29) is 6.04 Å². The number of rotatable bonds is 3. The Kier molecular flexibility index (Phi) is 4.54. The van der Waals surface area contributed by atoms with Gasteiger partial charge < -0.3 is 10.0 Å². The van der Waals surface area contributed by atoms with Crippen LogP contribution in [-0.4, -0.2) is 51.9 Å². The minimum absolute atomic E-state index is 0.0240. The van der Waals surface area contributed by atoms with Crippen molar-refractivity contribution in [3.05, 3.63) is 0 Å². The van der Waals surface area contributed by atoms with Gasteiger partial charge in [-0.1, -0.05) is 26.2 Å². The van der Waals surface area contributed by atoms with Gasteiger partial charge in [0.05, 0.1) is 5.92 Å². The van der Waals surface area contributed by atoms with Crippen molar-refractivity contribution in [2.45, 2.75) is 58.0 Å². The summed E-state index contributed by atoms with van der Waals surface area (Å²) in [5.74, 6) is -1.70. The number of carboxylic acid groups (broad SMARTS) is 1. The number of carbonyl (C=O) groups excluding carboxylic acids is 2. The van der Waals surface area contributed by atoms with Gasteiger partial charge >= 0.3 is 12.0 Å². The zero-order valence-electron chi connectivity index (χ0n) is 12.9. The van der Waals surface area contributed by atoms with Crippen molar-refractivity contribution < 1.29 is 19.5 Å². The van der Waals surface area contributed by atoms with Gasteiger partial charge in [-0.2, -0.15) is 0 Å². The topological polar surface area (TPSA) is 77.9 Å². The first-order valence-corrected chi connectivity index (χ1v) is 7.69. The molecule has 2 rings (SSSR count). The van der Waals surface area contributed by atoms with Crippen LogP contribution in [0.2, 0.25) is 0 Å². The molecule has 0 aromatic rings. The maximum atomic E-state index is 12.4. The van der Waals surface area contributed by atoms with Crippen molar-refractivity contribution in [1.82, 2.24) is 9.80 Å². The van der Waals surface area contributed by atoms with Crippen molar-refractivity contribution in [3.8, 4) is 0 Å². The van der Waals surface area contributed by atoms with E-state index in [1.165, 1.54) is 24.2 Å². The molecule has 0 unspecified atom stereocenters. The van der Waals surface area contributed by atoms with Gasteiger partial charge in [-0.3, -0.25) is 4.79 Å². The van der Waals surface area contributed by atoms with Crippen LogP contribution in [-0.2, 0) is 9.59 Å². The number of amides is 3. The number of carboxylic acids is 1. The van der Waals surface area contributed by atoms with E-state index >= 15 is 0 Å². The van der Waals surface area contributed by atoms with E-state index in [0.29, 0.717) is 5.92 Å². The Morgan fingerprint density at radius 3 is 2.38 bits per heavy atom. The number of likely N-dealkylation sites (tertiary alicyclic amines) is 1. The van der Waals surface area contributed by atoms with Crippen LogP contribution in [0.1, 0.15) is 46.0 Å². The highest BCUT2D eigenvalue weighted by atomic mass is 16.4. The van der Waals surface area contributed by atoms with Crippen molar-refractivity contribution in [2.24, 2.45) is 11.8 Å². The summed E-state index contributed by atoms with van der Waals surface area (Å²) in [5, 5.41) is 9.15. The Morgan fingerprint density at radius 2 is 1.86 bits per heavy atom. The summed E-state index contributed by atoms with van der Waals surface area (Å²) >= 11 is 0. The first-order chi connectivity index (χ1) is 9.86. The molecule has 1 saturated carbocycles. The first-order valence-electron chi connectivity index (χ1n) is 7.69. The van der Waals surface area contributed by atoms with Crippen molar-refractivity contribution >= 4 is 17.9 Å². The van der Waals surface area contributed by atoms with Crippen molar-refractivity contribution in [1.29, 1.82) is 0 Å². The SMILES string of the molecule is C[C@H](C1CCCCC1)N(C)C(=O)N1C(=O)[C@H](C)[C@H]1C(=O)O. The van der Waals surface area contributed by atoms with Gasteiger partial charge in [0, 0.05) is 13.1 Å². The number of hydrogen-bond donors (Lipinski definition) is 1. The Labute approximate surface area is 125 Å². The molecule has 3 atom stereocenters. The third-order valence-corrected chi connectivity index (χ3v) is 5.08. The van der Waals surface area contributed by atoms with Gasteiger partial charge in [0.15, 0.2) is 0 Å². The minimum Gasteiger partial charge on any atom is -0.480 e. The molecule has 6 nitrogen and oxygen atoms in total. The fraction of sp³-hybridized carbons (Fsp3) is 0.800. The quantitative estimate of drug-likeness (QED) is 0.807. The third-order valence-electron chi connectivity index (χ3n) is 5.08. The van der Waals surface area contributed by atoms with Crippen LogP contribution in [0.3, 0.4) is 0 Å². The molecule has 1 aliphatic carbocycles. The molecule has 0 spiro atoms. The highest BCUT2D eigenvalue weighted by Crippen LogP contribution is 2.31. The van der Waals surface area contributed by atoms with E-state index < -0.39 is 29.9 Å². The van der Waals surface area contributed by atoms with E-state index in [9.17, 15) is 14.4 Å². The lowest BCUT2D eigenvalue weighted by Gasteiger charge is -2.45. The number of imide groups is 1. The van der Waals surface area contributed by atoms with Gasteiger partial charge in [-0.25, -0.2) is 14.5 Å². The molecule has 0 bridgehead atoms. The summed E-state index contributed by atoms with van der Waals surface area (Å²) in [6, 6.07) is -1.48. The number of aliphatic carboxylic acids is 1. The monoisotopic (exact) mass is 296 g/mol. The lowest BCUT2D eigenvalue weighted by atomic mass is 9.84. The van der Waals surface area contributed by atoms with Crippen LogP contribution in [0.15, 0.2) is 0 Å². The highest BCUT2D eigenvalue weighted by molar-refractivity contribution is 6.07. The fourth-order valence-corrected chi connectivity index (χ4v) is 3.45. The standard InChI is InChI=1S/C15H24N2O4/c1-9-12(14(19)20)17(13(9)18)15(21)16(3)10(2)11-7-5-4-6-8-11/h9-12H,4-8H2,1-3H3,(H,19,20)/t9-,10-,12+/m1/s1. The van der Waals surface area contributed by atoms with Gasteiger partial charge in [0.2, 0.25) is 5.91 Å². The largest absolute Gasteiger partial charge is 0.480 e. The highest BCUT2D eigenvalue weighted by Gasteiger charge is 2.53. The predicted molar refractivity (Wildman–Crippen MR) is 76.6 cm³/mol. The summed E-state index contributed by atoms with van der Waals surface area (Å²) < 4.78 is 0. The maximum absolute atomic E-state index is 12.4. The van der Waals surface area contributed by atoms with Crippen molar-refractivity contribution in [2.75, 3.05) is 7.05 Å². The van der Waals surface area contributed by atoms with Crippen LogP contribution in [0.5, 0.6) is 0 Å². The van der Waals surface area contributed by atoms with Crippen LogP contribution in [0.4, 0.5) is 4.79 Å². The zero-order valence-corrected chi connectivity index (χ0v) is 12.9. The Bertz CT molecular complexity index is 445. The molecule has 0 radical (unpaired) electrons. The zero-order chi connectivity index (χ0) is 15.7. The minimum atomic E-state index is -1.12. The molecule has 3 amide bonds. The molecule has 2 aliphatic rings. The number of carbonyl (C=O) groups is 3. The molecule has 6 heteroatoms. The molecule has 2 fully saturated rings. The second-order valence-electron chi connectivity index (χ2n) is 6.31. The molecule has 1 saturated heterocycles. The second-order valence-corrected chi connectivity index (χ2v) is 6.31. The van der Waals surface area contributed by atoms with Gasteiger partial charge in [-0.15, -0.1) is 0 Å². The molecular formula is C15H24N2O4. The number of hydrogen-bond acceptors (Lipinski definition) is 3. The molecular weight excluding hydrogens is 272 g/mol. The van der Waals surface area contributed by atoms with E-state index in [0.717, 1.165) is 17.7 Å². The molecule has 0 aromatic heterocycles. The first kappa shape index (κ1) is 15.8. The molecule has 118 valence electrons. The average molecular weight is 296 g/mol. The molecule has 21 heavy (non-hydrogen) atoms. The van der Waals surface area contributed by atoms with Crippen molar-refractivity contribution in [3.63, 3.8) is 0 Å². The van der Waals surface area contributed by atoms with Gasteiger partial charge in [-0.05, 0) is 25.7 Å². The Hall–Kier alpha value is -1.59. The predicted octanol–water partition coefficient (Wildman–Crippen LogP) is 1.94. The average Bonchev–Trinajstić information content (AvgIpc) is 2.49. The second kappa shape index (κ2) is 6.03. The van der Waals surface area contributed by atoms with Crippen LogP contribution < -0.4 is 0 Å². The molecule has 1 aliphatic heterocycles. The maximum Gasteiger partial charge on any atom is 0.327 e. The summed E-state index contributed by atoms with van der Waals surface area (Å²) in [7, 11) is 1.66. The summed E-state index contributed by atoms with van der Waals surface area (Å²) in [6.45, 7) is 3.53. The Balaban J connectivity index is 2.04. The summed E-state index contributed by atoms with van der Waals surface area (Å²) in [4.78, 5) is 37.9. The fourth-order valence-electron chi connectivity index (χ4n) is 3.45. The van der Waals surface area contributed by atoms with Crippen LogP contribution in [0, 0.1) is 11.8 Å². The number of urea groups is 1. The van der Waals surface area contributed by atoms with Gasteiger partial charge in [0.1, 0.15) is 6.04 Å². The third kappa shape index (κ3) is 2.76. The molecule has 0 aromatic carbocycles. The summed E-state index contributed by atoms with van der Waals surface area (Å²) in [5.41, 5.74) is 0. The molecule has 1 N–H and O–H groups in total. The van der Waals surface area contributed by atoms with Crippen LogP contribution >= 0.6 is 0 Å². The smallest absolute Gasteiger partial charge is 0.327 e. The van der Waals surface area contributed by atoms with Gasteiger partial charge in [0.25, 0.3) is 0 Å². The van der Waals surface area contributed by atoms with E-state index in [4.69, 9.17) is 5.11 Å². The van der Waals surface area contributed by atoms with Crippen LogP contribution in [0.25, 0.3) is 0 Å². The van der Waals surface area contributed by atoms with E-state index in [1.54, 1.807) is 14.0 Å². The number of nitrogens with zero attached hydrogens (tertiary/aromatic N) is 2. The normalized spacial score (nSPS) is 28.0. The number of β-lactam (4-membered cyclic amide) rings is 1. The molecule has 1 heterocycles. The lowest BCUT2D eigenvalue weighted by Crippen LogP contribution is -2.68. The Morgan fingerprint density at radius 1 is 1.29 bits per heavy atom. The van der Waals surface area contributed by atoms with E-state index in [1.807, 2.05) is 6.92 Å². The lowest BCUT2D eigenvalue weighted by molar-refractivity contribution is -0.165. The summed E-state index contributed by atoms with van der Waals surface area (Å²) in [6.07, 6.45) is 5.77.